The third-order valence-corrected chi connectivity index (χ3v) is 5.77. The maximum atomic E-state index is 12.8. The van der Waals surface area contributed by atoms with Crippen LogP contribution >= 0.6 is 11.6 Å². The summed E-state index contributed by atoms with van der Waals surface area (Å²) in [4.78, 5) is -0.326. The Kier molecular flexibility index (Phi) is 4.81. The van der Waals surface area contributed by atoms with E-state index in [1.54, 1.807) is 35.3 Å². The molecule has 0 aliphatic carbocycles. The molecule has 0 aliphatic heterocycles. The summed E-state index contributed by atoms with van der Waals surface area (Å²) in [5, 5.41) is 3.40. The molecular formula is C17H12ClF3N2O2S. The van der Waals surface area contributed by atoms with Crippen molar-refractivity contribution < 1.29 is 21.6 Å². The summed E-state index contributed by atoms with van der Waals surface area (Å²) in [5.41, 5.74) is -0.245. The normalized spacial score (nSPS) is 12.3. The highest BCUT2D eigenvalue weighted by Crippen LogP contribution is 2.36. The van der Waals surface area contributed by atoms with Gasteiger partial charge >= 0.3 is 6.18 Å². The number of alkyl halides is 3. The van der Waals surface area contributed by atoms with E-state index in [0.717, 1.165) is 17.7 Å². The molecule has 1 heterocycles. The zero-order chi connectivity index (χ0) is 18.9. The van der Waals surface area contributed by atoms with E-state index in [-0.39, 0.29) is 9.79 Å². The monoisotopic (exact) mass is 400 g/mol. The van der Waals surface area contributed by atoms with Gasteiger partial charge in [-0.2, -0.15) is 18.3 Å². The second-order valence-electron chi connectivity index (χ2n) is 5.49. The lowest BCUT2D eigenvalue weighted by atomic mass is 10.2. The highest BCUT2D eigenvalue weighted by atomic mass is 35.5. The Balaban J connectivity index is 1.89. The minimum Gasteiger partial charge on any atom is -0.268 e. The first-order chi connectivity index (χ1) is 12.2. The number of halogens is 4. The maximum absolute atomic E-state index is 12.8. The van der Waals surface area contributed by atoms with Crippen LogP contribution in [0.1, 0.15) is 11.1 Å². The highest BCUT2D eigenvalue weighted by Gasteiger charge is 2.34. The average Bonchev–Trinajstić information content (AvgIpc) is 3.07. The largest absolute Gasteiger partial charge is 0.417 e. The summed E-state index contributed by atoms with van der Waals surface area (Å²) in [5.74, 6) is 0. The molecule has 0 aliphatic rings. The molecule has 3 aromatic rings. The predicted molar refractivity (Wildman–Crippen MR) is 89.7 cm³/mol. The summed E-state index contributed by atoms with van der Waals surface area (Å²) in [6, 6.07) is 10.2. The van der Waals surface area contributed by atoms with Crippen molar-refractivity contribution in [2.75, 3.05) is 0 Å². The Morgan fingerprint density at radius 3 is 2.23 bits per heavy atom. The van der Waals surface area contributed by atoms with E-state index < -0.39 is 26.6 Å². The third-order valence-electron chi connectivity index (χ3n) is 3.69. The van der Waals surface area contributed by atoms with Crippen LogP contribution in [0.25, 0.3) is 0 Å². The van der Waals surface area contributed by atoms with E-state index in [1.807, 2.05) is 0 Å². The highest BCUT2D eigenvalue weighted by molar-refractivity contribution is 7.91. The van der Waals surface area contributed by atoms with E-state index in [2.05, 4.69) is 5.10 Å². The van der Waals surface area contributed by atoms with E-state index in [9.17, 15) is 21.6 Å². The third kappa shape index (κ3) is 3.76. The van der Waals surface area contributed by atoms with Crippen LogP contribution in [0.4, 0.5) is 13.2 Å². The molecule has 0 atom stereocenters. The van der Waals surface area contributed by atoms with Gasteiger partial charge in [0.15, 0.2) is 0 Å². The Bertz CT molecular complexity index is 1020. The second-order valence-corrected chi connectivity index (χ2v) is 7.85. The van der Waals surface area contributed by atoms with E-state index in [1.165, 1.54) is 12.1 Å². The van der Waals surface area contributed by atoms with Crippen molar-refractivity contribution in [3.63, 3.8) is 0 Å². The molecular weight excluding hydrogens is 389 g/mol. The Morgan fingerprint density at radius 1 is 1.04 bits per heavy atom. The molecule has 0 spiro atoms. The predicted octanol–water partition coefficient (Wildman–Crippen LogP) is 4.44. The first kappa shape index (κ1) is 18.5. The molecule has 26 heavy (non-hydrogen) atoms. The molecule has 0 saturated heterocycles. The van der Waals surface area contributed by atoms with Crippen LogP contribution in [0.3, 0.4) is 0 Å². The molecule has 0 fully saturated rings. The lowest BCUT2D eigenvalue weighted by Crippen LogP contribution is -2.08. The summed E-state index contributed by atoms with van der Waals surface area (Å²) in [7, 11) is -3.98. The van der Waals surface area contributed by atoms with Crippen molar-refractivity contribution in [3.05, 3.63) is 77.1 Å². The zero-order valence-electron chi connectivity index (χ0n) is 13.1. The number of hydrogen-bond acceptors (Lipinski definition) is 3. The van der Waals surface area contributed by atoms with Crippen molar-refractivity contribution in [2.24, 2.45) is 0 Å². The fraction of sp³-hybridized carbons (Fsp3) is 0.118. The van der Waals surface area contributed by atoms with Crippen LogP contribution in [0.5, 0.6) is 0 Å². The van der Waals surface area contributed by atoms with Gasteiger partial charge in [0.25, 0.3) is 0 Å². The van der Waals surface area contributed by atoms with Crippen molar-refractivity contribution in [2.45, 2.75) is 22.5 Å². The van der Waals surface area contributed by atoms with Gasteiger partial charge in [0.2, 0.25) is 9.84 Å². The van der Waals surface area contributed by atoms with E-state index in [4.69, 9.17) is 11.6 Å². The molecule has 2 aromatic carbocycles. The number of nitrogens with zero attached hydrogens (tertiary/aromatic N) is 2. The lowest BCUT2D eigenvalue weighted by molar-refractivity contribution is -0.137. The van der Waals surface area contributed by atoms with E-state index in [0.29, 0.717) is 12.6 Å². The maximum Gasteiger partial charge on any atom is 0.417 e. The van der Waals surface area contributed by atoms with Crippen LogP contribution in [0.2, 0.25) is 5.02 Å². The Hall–Kier alpha value is -2.32. The van der Waals surface area contributed by atoms with Crippen LogP contribution in [0, 0.1) is 0 Å². The summed E-state index contributed by atoms with van der Waals surface area (Å²) >= 11 is 5.62. The Morgan fingerprint density at radius 2 is 1.69 bits per heavy atom. The molecule has 1 aromatic heterocycles. The molecule has 0 N–H and O–H groups in total. The first-order valence-corrected chi connectivity index (χ1v) is 9.22. The van der Waals surface area contributed by atoms with Gasteiger partial charge in [-0.3, -0.25) is 4.68 Å². The van der Waals surface area contributed by atoms with E-state index >= 15 is 0 Å². The van der Waals surface area contributed by atoms with Gasteiger partial charge in [-0.05, 0) is 42.0 Å². The van der Waals surface area contributed by atoms with Gasteiger partial charge in [-0.1, -0.05) is 23.7 Å². The number of hydrogen-bond donors (Lipinski definition) is 0. The molecule has 4 nitrogen and oxygen atoms in total. The summed E-state index contributed by atoms with van der Waals surface area (Å²) < 4.78 is 65.2. The van der Waals surface area contributed by atoms with Gasteiger partial charge in [0.05, 0.1) is 26.9 Å². The quantitative estimate of drug-likeness (QED) is 0.650. The van der Waals surface area contributed by atoms with Crippen molar-refractivity contribution >= 4 is 21.4 Å². The number of aromatic nitrogens is 2. The number of benzene rings is 2. The standard InChI is InChI=1S/C17H12ClF3N2O2S/c18-16-10-14(6-7-15(16)17(19,20)21)26(24,25)13-4-2-12(3-5-13)11-23-9-1-8-22-23/h1-10H,11H2. The lowest BCUT2D eigenvalue weighted by Gasteiger charge is -2.11. The second kappa shape index (κ2) is 6.77. The number of rotatable bonds is 4. The van der Waals surface area contributed by atoms with Crippen LogP contribution in [-0.4, -0.2) is 18.2 Å². The SMILES string of the molecule is O=S(=O)(c1ccc(Cn2cccn2)cc1)c1ccc(C(F)(F)F)c(Cl)c1. The van der Waals surface area contributed by atoms with Gasteiger partial charge in [0, 0.05) is 12.4 Å². The Labute approximate surface area is 152 Å². The topological polar surface area (TPSA) is 52.0 Å². The number of sulfone groups is 1. The van der Waals surface area contributed by atoms with Gasteiger partial charge < -0.3 is 0 Å². The van der Waals surface area contributed by atoms with Gasteiger partial charge in [-0.15, -0.1) is 0 Å². The smallest absolute Gasteiger partial charge is 0.268 e. The molecule has 0 amide bonds. The van der Waals surface area contributed by atoms with Gasteiger partial charge in [-0.25, -0.2) is 8.42 Å². The fourth-order valence-electron chi connectivity index (χ4n) is 2.38. The fourth-order valence-corrected chi connectivity index (χ4v) is 4.02. The molecule has 0 bridgehead atoms. The zero-order valence-corrected chi connectivity index (χ0v) is 14.7. The van der Waals surface area contributed by atoms with Crippen molar-refractivity contribution in [1.82, 2.24) is 9.78 Å². The summed E-state index contributed by atoms with van der Waals surface area (Å²) in [6.07, 6.45) is -1.24. The minimum atomic E-state index is -4.65. The van der Waals surface area contributed by atoms with Crippen LogP contribution in [0.15, 0.2) is 70.7 Å². The van der Waals surface area contributed by atoms with Crippen LogP contribution in [-0.2, 0) is 22.6 Å². The molecule has 136 valence electrons. The van der Waals surface area contributed by atoms with Gasteiger partial charge in [0.1, 0.15) is 0 Å². The average molecular weight is 401 g/mol. The molecule has 9 heteroatoms. The molecule has 0 unspecified atom stereocenters. The summed E-state index contributed by atoms with van der Waals surface area (Å²) in [6.45, 7) is 0.472. The minimum absolute atomic E-state index is 0.0301. The van der Waals surface area contributed by atoms with Crippen molar-refractivity contribution in [1.29, 1.82) is 0 Å². The van der Waals surface area contributed by atoms with Crippen LogP contribution < -0.4 is 0 Å². The van der Waals surface area contributed by atoms with Crippen molar-refractivity contribution in [3.8, 4) is 0 Å². The molecule has 3 rings (SSSR count). The molecule has 0 radical (unpaired) electrons. The molecule has 0 saturated carbocycles. The first-order valence-electron chi connectivity index (χ1n) is 7.36.